The van der Waals surface area contributed by atoms with E-state index in [-0.39, 0.29) is 5.76 Å². The van der Waals surface area contributed by atoms with Gasteiger partial charge in [0.25, 0.3) is 0 Å². The molecule has 0 bridgehead atoms. The molecule has 2 heteroatoms. The molecule has 1 saturated carbocycles. The van der Waals surface area contributed by atoms with Crippen LogP contribution in [-0.2, 0) is 4.74 Å². The van der Waals surface area contributed by atoms with E-state index in [1.165, 1.54) is 43.9 Å². The molecule has 25 heavy (non-hydrogen) atoms. The zero-order valence-corrected chi connectivity index (χ0v) is 16.4. The number of hydrogen-bond donors (Lipinski definition) is 1. The highest BCUT2D eigenvalue weighted by Gasteiger charge is 2.49. The van der Waals surface area contributed by atoms with Crippen LogP contribution in [-0.4, -0.2) is 11.7 Å². The maximum Gasteiger partial charge on any atom is 0.149 e. The molecule has 0 aromatic rings. The van der Waals surface area contributed by atoms with E-state index in [0.717, 1.165) is 18.8 Å². The first-order valence-corrected chi connectivity index (χ1v) is 9.89. The van der Waals surface area contributed by atoms with Crippen molar-refractivity contribution in [3.05, 3.63) is 47.0 Å². The second kappa shape index (κ2) is 7.05. The van der Waals surface area contributed by atoms with Gasteiger partial charge in [-0.2, -0.15) is 0 Å². The van der Waals surface area contributed by atoms with Crippen LogP contribution in [0.5, 0.6) is 0 Å². The van der Waals surface area contributed by atoms with Gasteiger partial charge in [0.15, 0.2) is 0 Å². The first kappa shape index (κ1) is 18.4. The topological polar surface area (TPSA) is 29.5 Å². The molecule has 0 aromatic heterocycles. The zero-order valence-electron chi connectivity index (χ0n) is 16.4. The first-order valence-electron chi connectivity index (χ1n) is 9.89. The van der Waals surface area contributed by atoms with E-state index in [1.54, 1.807) is 17.2 Å². The van der Waals surface area contributed by atoms with E-state index in [9.17, 15) is 5.11 Å². The summed E-state index contributed by atoms with van der Waals surface area (Å²) in [6.45, 7) is 10.5. The Hall–Kier alpha value is -1.44. The molecule has 138 valence electrons. The number of aliphatic hydroxyl groups is 1. The van der Waals surface area contributed by atoms with Crippen molar-refractivity contribution < 1.29 is 9.84 Å². The van der Waals surface area contributed by atoms with E-state index in [1.807, 2.05) is 6.08 Å². The SMILES string of the molecule is CC1=C(CCC2=CC=CC(O)=COC2)C2(C)CCCC(C)(C)C2CC1. The Morgan fingerprint density at radius 1 is 1.20 bits per heavy atom. The molecule has 1 heterocycles. The number of ether oxygens (including phenoxy) is 1. The Morgan fingerprint density at radius 3 is 2.80 bits per heavy atom. The summed E-state index contributed by atoms with van der Waals surface area (Å²) >= 11 is 0. The van der Waals surface area contributed by atoms with Crippen LogP contribution in [0, 0.1) is 16.7 Å². The van der Waals surface area contributed by atoms with Crippen LogP contribution < -0.4 is 0 Å². The van der Waals surface area contributed by atoms with Gasteiger partial charge in [0, 0.05) is 0 Å². The lowest BCUT2D eigenvalue weighted by atomic mass is 9.50. The minimum Gasteiger partial charge on any atom is -0.505 e. The van der Waals surface area contributed by atoms with Crippen LogP contribution in [0.4, 0.5) is 0 Å². The Bertz CT molecular complexity index is 632. The predicted octanol–water partition coefficient (Wildman–Crippen LogP) is 6.62. The van der Waals surface area contributed by atoms with Crippen molar-refractivity contribution in [1.82, 2.24) is 0 Å². The van der Waals surface area contributed by atoms with Crippen molar-refractivity contribution in [1.29, 1.82) is 0 Å². The van der Waals surface area contributed by atoms with Crippen LogP contribution in [0.2, 0.25) is 0 Å². The number of rotatable bonds is 3. The monoisotopic (exact) mass is 342 g/mol. The second-order valence-electron chi connectivity index (χ2n) is 9.15. The molecule has 2 aliphatic carbocycles. The van der Waals surface area contributed by atoms with Gasteiger partial charge in [0.2, 0.25) is 0 Å². The fourth-order valence-corrected chi connectivity index (χ4v) is 5.74. The maximum absolute atomic E-state index is 9.49. The van der Waals surface area contributed by atoms with Gasteiger partial charge in [-0.05, 0) is 73.8 Å². The van der Waals surface area contributed by atoms with Gasteiger partial charge in [-0.15, -0.1) is 0 Å². The highest BCUT2D eigenvalue weighted by molar-refractivity contribution is 5.29. The summed E-state index contributed by atoms with van der Waals surface area (Å²) in [4.78, 5) is 0. The summed E-state index contributed by atoms with van der Waals surface area (Å²) in [6, 6.07) is 0. The van der Waals surface area contributed by atoms with E-state index in [4.69, 9.17) is 4.74 Å². The third-order valence-electron chi connectivity index (χ3n) is 7.01. The molecule has 0 saturated heterocycles. The summed E-state index contributed by atoms with van der Waals surface area (Å²) in [5, 5.41) is 9.49. The number of fused-ring (bicyclic) bond motifs is 1. The molecule has 2 nitrogen and oxygen atoms in total. The third kappa shape index (κ3) is 3.73. The summed E-state index contributed by atoms with van der Waals surface area (Å²) in [5.74, 6) is 0.996. The molecular formula is C23H34O2. The van der Waals surface area contributed by atoms with Crippen molar-refractivity contribution in [3.8, 4) is 0 Å². The van der Waals surface area contributed by atoms with E-state index < -0.39 is 0 Å². The smallest absolute Gasteiger partial charge is 0.149 e. The van der Waals surface area contributed by atoms with Gasteiger partial charge < -0.3 is 9.84 Å². The number of aliphatic hydroxyl groups excluding tert-OH is 1. The van der Waals surface area contributed by atoms with Gasteiger partial charge in [-0.25, -0.2) is 0 Å². The van der Waals surface area contributed by atoms with E-state index >= 15 is 0 Å². The number of hydrogen-bond acceptors (Lipinski definition) is 2. The Morgan fingerprint density at radius 2 is 2.00 bits per heavy atom. The molecule has 1 aliphatic heterocycles. The lowest BCUT2D eigenvalue weighted by Gasteiger charge is -2.55. The lowest BCUT2D eigenvalue weighted by molar-refractivity contribution is 0.0104. The van der Waals surface area contributed by atoms with Crippen molar-refractivity contribution in [2.75, 3.05) is 6.61 Å². The summed E-state index contributed by atoms with van der Waals surface area (Å²) in [6.07, 6.45) is 16.1. The molecule has 0 spiro atoms. The fraction of sp³-hybridized carbons (Fsp3) is 0.652. The largest absolute Gasteiger partial charge is 0.505 e. The second-order valence-corrected chi connectivity index (χ2v) is 9.15. The molecule has 3 rings (SSSR count). The zero-order chi connectivity index (χ0) is 18.1. The molecule has 1 N–H and O–H groups in total. The lowest BCUT2D eigenvalue weighted by Crippen LogP contribution is -2.45. The predicted molar refractivity (Wildman–Crippen MR) is 104 cm³/mol. The average Bonchev–Trinajstić information content (AvgIpc) is 2.50. The van der Waals surface area contributed by atoms with Crippen LogP contribution in [0.15, 0.2) is 47.0 Å². The minimum atomic E-state index is 0.181. The summed E-state index contributed by atoms with van der Waals surface area (Å²) in [5.41, 5.74) is 5.51. The van der Waals surface area contributed by atoms with Crippen molar-refractivity contribution in [2.24, 2.45) is 16.7 Å². The quantitative estimate of drug-likeness (QED) is 0.584. The Balaban J connectivity index is 1.77. The highest BCUT2D eigenvalue weighted by atomic mass is 16.5. The molecule has 0 radical (unpaired) electrons. The molecule has 2 atom stereocenters. The Labute approximate surface area is 153 Å². The van der Waals surface area contributed by atoms with Crippen molar-refractivity contribution in [3.63, 3.8) is 0 Å². The standard InChI is InChI=1S/C23H34O2/c1-17-9-12-21-22(2,3)13-6-14-23(21,4)20(17)11-10-18-7-5-8-19(24)16-25-15-18/h5,7-8,16,21,24H,6,9-15H2,1-4H3. The summed E-state index contributed by atoms with van der Waals surface area (Å²) < 4.78 is 5.48. The first-order chi connectivity index (χ1) is 11.8. The van der Waals surface area contributed by atoms with Crippen LogP contribution in [0.3, 0.4) is 0 Å². The van der Waals surface area contributed by atoms with Gasteiger partial charge in [0.1, 0.15) is 18.6 Å². The molecule has 1 fully saturated rings. The molecule has 0 aromatic carbocycles. The van der Waals surface area contributed by atoms with E-state index in [2.05, 4.69) is 33.8 Å². The fourth-order valence-electron chi connectivity index (χ4n) is 5.74. The number of allylic oxidation sites excluding steroid dienone is 5. The normalized spacial score (nSPS) is 32.1. The average molecular weight is 343 g/mol. The van der Waals surface area contributed by atoms with Crippen LogP contribution >= 0.6 is 0 Å². The molecule has 3 aliphatic rings. The highest BCUT2D eigenvalue weighted by Crippen LogP contribution is 2.60. The summed E-state index contributed by atoms with van der Waals surface area (Å²) in [7, 11) is 0. The van der Waals surface area contributed by atoms with Gasteiger partial charge >= 0.3 is 0 Å². The van der Waals surface area contributed by atoms with Gasteiger partial charge in [-0.1, -0.05) is 50.5 Å². The Kier molecular flexibility index (Phi) is 5.18. The van der Waals surface area contributed by atoms with Crippen LogP contribution in [0.25, 0.3) is 0 Å². The van der Waals surface area contributed by atoms with Crippen molar-refractivity contribution in [2.45, 2.75) is 72.6 Å². The van der Waals surface area contributed by atoms with Crippen LogP contribution in [0.1, 0.15) is 72.6 Å². The molecule has 0 amide bonds. The third-order valence-corrected chi connectivity index (χ3v) is 7.01. The maximum atomic E-state index is 9.49. The van der Waals surface area contributed by atoms with Crippen molar-refractivity contribution >= 4 is 0 Å². The minimum absolute atomic E-state index is 0.181. The van der Waals surface area contributed by atoms with E-state index in [0.29, 0.717) is 17.4 Å². The van der Waals surface area contributed by atoms with Gasteiger partial charge in [-0.3, -0.25) is 0 Å². The molecule has 2 unspecified atom stereocenters. The molecular weight excluding hydrogens is 308 g/mol. The van der Waals surface area contributed by atoms with Gasteiger partial charge in [0.05, 0.1) is 0 Å².